The van der Waals surface area contributed by atoms with Crippen molar-refractivity contribution in [3.05, 3.63) is 35.9 Å². The van der Waals surface area contributed by atoms with Gasteiger partial charge in [0, 0.05) is 0 Å². The van der Waals surface area contributed by atoms with Crippen LogP contribution in [0.4, 0.5) is 0 Å². The van der Waals surface area contributed by atoms with Crippen LogP contribution < -0.4 is 0 Å². The SMILES string of the molecule is CCC(=NO[Si](C)(C)C)c1ccccc1. The summed E-state index contributed by atoms with van der Waals surface area (Å²) in [6, 6.07) is 10.2. The van der Waals surface area contributed by atoms with Crippen LogP contribution in [0.5, 0.6) is 0 Å². The maximum absolute atomic E-state index is 5.56. The molecule has 0 saturated heterocycles. The van der Waals surface area contributed by atoms with Crippen molar-refractivity contribution in [2.24, 2.45) is 5.16 Å². The molecule has 1 aromatic rings. The standard InChI is InChI=1S/C12H19NOSi/c1-5-12(13-14-15(2,3)4)11-9-7-6-8-10-11/h6-10H,5H2,1-4H3. The monoisotopic (exact) mass is 221 g/mol. The van der Waals surface area contributed by atoms with E-state index < -0.39 is 8.32 Å². The van der Waals surface area contributed by atoms with Gasteiger partial charge in [-0.1, -0.05) is 37.3 Å². The average Bonchev–Trinajstić information content (AvgIpc) is 2.19. The van der Waals surface area contributed by atoms with Crippen molar-refractivity contribution < 1.29 is 4.53 Å². The van der Waals surface area contributed by atoms with E-state index in [1.165, 1.54) is 0 Å². The summed E-state index contributed by atoms with van der Waals surface area (Å²) in [5.41, 5.74) is 2.18. The fourth-order valence-corrected chi connectivity index (χ4v) is 1.53. The summed E-state index contributed by atoms with van der Waals surface area (Å²) < 4.78 is 5.56. The predicted molar refractivity (Wildman–Crippen MR) is 67.7 cm³/mol. The van der Waals surface area contributed by atoms with Crippen LogP contribution in [0.25, 0.3) is 0 Å². The van der Waals surface area contributed by atoms with Crippen LogP contribution in [0.3, 0.4) is 0 Å². The lowest BCUT2D eigenvalue weighted by atomic mass is 10.1. The lowest BCUT2D eigenvalue weighted by Crippen LogP contribution is -2.23. The van der Waals surface area contributed by atoms with E-state index in [9.17, 15) is 0 Å². The summed E-state index contributed by atoms with van der Waals surface area (Å²) in [6.07, 6.45) is 0.897. The molecular formula is C12H19NOSi. The number of oxime groups is 1. The van der Waals surface area contributed by atoms with Crippen LogP contribution in [-0.2, 0) is 4.53 Å². The quantitative estimate of drug-likeness (QED) is 0.432. The third-order valence-corrected chi connectivity index (χ3v) is 2.51. The van der Waals surface area contributed by atoms with Gasteiger partial charge in [-0.05, 0) is 31.6 Å². The minimum atomic E-state index is -1.56. The van der Waals surface area contributed by atoms with Gasteiger partial charge in [-0.2, -0.15) is 0 Å². The number of hydrogen-bond donors (Lipinski definition) is 0. The lowest BCUT2D eigenvalue weighted by Gasteiger charge is -2.14. The first-order valence-corrected chi connectivity index (χ1v) is 8.74. The third kappa shape index (κ3) is 4.30. The summed E-state index contributed by atoms with van der Waals surface area (Å²) >= 11 is 0. The second kappa shape index (κ2) is 5.12. The minimum Gasteiger partial charge on any atom is -0.455 e. The number of nitrogens with zero attached hydrogens (tertiary/aromatic N) is 1. The van der Waals surface area contributed by atoms with E-state index >= 15 is 0 Å². The maximum atomic E-state index is 5.56. The minimum absolute atomic E-state index is 0.897. The van der Waals surface area contributed by atoms with Crippen LogP contribution in [0, 0.1) is 0 Å². The van der Waals surface area contributed by atoms with Gasteiger partial charge in [0.1, 0.15) is 0 Å². The Bertz CT molecular complexity index is 327. The van der Waals surface area contributed by atoms with Crippen LogP contribution in [0.15, 0.2) is 35.5 Å². The fraction of sp³-hybridized carbons (Fsp3) is 0.417. The second-order valence-corrected chi connectivity index (χ2v) is 8.87. The molecule has 0 amide bonds. The molecule has 1 rings (SSSR count). The highest BCUT2D eigenvalue weighted by Crippen LogP contribution is 2.08. The van der Waals surface area contributed by atoms with E-state index in [4.69, 9.17) is 4.53 Å². The molecule has 15 heavy (non-hydrogen) atoms. The lowest BCUT2D eigenvalue weighted by molar-refractivity contribution is 0.334. The van der Waals surface area contributed by atoms with Gasteiger partial charge in [-0.3, -0.25) is 0 Å². The molecule has 0 spiro atoms. The van der Waals surface area contributed by atoms with Crippen molar-refractivity contribution in [2.45, 2.75) is 33.0 Å². The van der Waals surface area contributed by atoms with Gasteiger partial charge in [0.25, 0.3) is 8.32 Å². The van der Waals surface area contributed by atoms with Crippen molar-refractivity contribution in [1.29, 1.82) is 0 Å². The molecular weight excluding hydrogens is 202 g/mol. The van der Waals surface area contributed by atoms with Crippen molar-refractivity contribution >= 4 is 14.0 Å². The molecule has 0 fully saturated rings. The van der Waals surface area contributed by atoms with E-state index in [1.807, 2.05) is 18.2 Å². The highest BCUT2D eigenvalue weighted by molar-refractivity contribution is 6.69. The average molecular weight is 221 g/mol. The normalized spacial score (nSPS) is 12.7. The predicted octanol–water partition coefficient (Wildman–Crippen LogP) is 3.65. The molecule has 0 aliphatic carbocycles. The topological polar surface area (TPSA) is 21.6 Å². The largest absolute Gasteiger partial charge is 0.455 e. The summed E-state index contributed by atoms with van der Waals surface area (Å²) in [6.45, 7) is 8.50. The first-order valence-electron chi connectivity index (χ1n) is 5.33. The van der Waals surface area contributed by atoms with E-state index in [0.29, 0.717) is 0 Å². The second-order valence-electron chi connectivity index (χ2n) is 4.46. The molecule has 1 aromatic carbocycles. The van der Waals surface area contributed by atoms with Crippen LogP contribution >= 0.6 is 0 Å². The Morgan fingerprint density at radius 2 is 1.80 bits per heavy atom. The van der Waals surface area contributed by atoms with Gasteiger partial charge >= 0.3 is 0 Å². The summed E-state index contributed by atoms with van der Waals surface area (Å²) in [5, 5.41) is 4.26. The van der Waals surface area contributed by atoms with E-state index in [1.54, 1.807) is 0 Å². The highest BCUT2D eigenvalue weighted by Gasteiger charge is 2.16. The van der Waals surface area contributed by atoms with E-state index in [0.717, 1.165) is 17.7 Å². The Kier molecular flexibility index (Phi) is 4.09. The van der Waals surface area contributed by atoms with Gasteiger partial charge in [0.15, 0.2) is 0 Å². The first-order chi connectivity index (χ1) is 7.03. The highest BCUT2D eigenvalue weighted by atomic mass is 28.4. The van der Waals surface area contributed by atoms with Crippen LogP contribution in [-0.4, -0.2) is 14.0 Å². The number of rotatable bonds is 4. The first kappa shape index (κ1) is 12.0. The molecule has 0 saturated carbocycles. The van der Waals surface area contributed by atoms with Gasteiger partial charge in [-0.25, -0.2) is 0 Å². The molecule has 0 bridgehead atoms. The van der Waals surface area contributed by atoms with Crippen molar-refractivity contribution in [1.82, 2.24) is 0 Å². The smallest absolute Gasteiger partial charge is 0.278 e. The molecule has 0 radical (unpaired) electrons. The molecule has 0 aromatic heterocycles. The molecule has 0 heterocycles. The Balaban J connectivity index is 2.81. The molecule has 0 atom stereocenters. The van der Waals surface area contributed by atoms with Gasteiger partial charge in [-0.15, -0.1) is 5.16 Å². The Morgan fingerprint density at radius 3 is 2.27 bits per heavy atom. The molecule has 82 valence electrons. The Hall–Kier alpha value is -1.09. The van der Waals surface area contributed by atoms with Gasteiger partial charge in [0.05, 0.1) is 5.71 Å². The summed E-state index contributed by atoms with van der Waals surface area (Å²) in [5.74, 6) is 0. The molecule has 3 heteroatoms. The van der Waals surface area contributed by atoms with Gasteiger partial charge < -0.3 is 4.53 Å². The third-order valence-electron chi connectivity index (χ3n) is 1.87. The van der Waals surface area contributed by atoms with Crippen LogP contribution in [0.1, 0.15) is 18.9 Å². The van der Waals surface area contributed by atoms with Gasteiger partial charge in [0.2, 0.25) is 0 Å². The Labute approximate surface area is 93.1 Å². The number of hydrogen-bond acceptors (Lipinski definition) is 2. The maximum Gasteiger partial charge on any atom is 0.278 e. The van der Waals surface area contributed by atoms with Crippen LogP contribution in [0.2, 0.25) is 19.6 Å². The zero-order valence-electron chi connectivity index (χ0n) is 9.95. The molecule has 0 unspecified atom stereocenters. The van der Waals surface area contributed by atoms with Crippen molar-refractivity contribution in [3.8, 4) is 0 Å². The van der Waals surface area contributed by atoms with Crippen molar-refractivity contribution in [2.75, 3.05) is 0 Å². The molecule has 2 nitrogen and oxygen atoms in total. The zero-order valence-corrected chi connectivity index (χ0v) is 10.9. The fourth-order valence-electron chi connectivity index (χ4n) is 1.14. The van der Waals surface area contributed by atoms with E-state index in [2.05, 4.69) is 43.9 Å². The van der Waals surface area contributed by atoms with E-state index in [-0.39, 0.29) is 0 Å². The number of benzene rings is 1. The Morgan fingerprint density at radius 1 is 1.20 bits per heavy atom. The molecule has 0 aliphatic heterocycles. The zero-order chi connectivity index (χ0) is 11.3. The molecule has 0 aliphatic rings. The summed E-state index contributed by atoms with van der Waals surface area (Å²) in [7, 11) is -1.56. The summed E-state index contributed by atoms with van der Waals surface area (Å²) in [4.78, 5) is 0. The van der Waals surface area contributed by atoms with Crippen molar-refractivity contribution in [3.63, 3.8) is 0 Å². The molecule has 0 N–H and O–H groups in total.